The number of carbonyl (C=O) groups is 1. The van der Waals surface area contributed by atoms with E-state index in [1.807, 2.05) is 23.6 Å². The molecule has 1 amide bonds. The fourth-order valence-corrected chi connectivity index (χ4v) is 5.06. The van der Waals surface area contributed by atoms with Crippen LogP contribution in [-0.2, 0) is 4.79 Å². The molecule has 1 aliphatic heterocycles. The van der Waals surface area contributed by atoms with Crippen molar-refractivity contribution in [2.45, 2.75) is 18.9 Å². The number of benzene rings is 1. The minimum Gasteiger partial charge on any atom is -0.315 e. The molecule has 1 atom stereocenters. The number of nitrogens with zero attached hydrogens (tertiary/aromatic N) is 3. The van der Waals surface area contributed by atoms with Crippen molar-refractivity contribution >= 4 is 43.8 Å². The molecule has 0 radical (unpaired) electrons. The van der Waals surface area contributed by atoms with E-state index in [-0.39, 0.29) is 11.9 Å². The highest BCUT2D eigenvalue weighted by molar-refractivity contribution is 7.18. The summed E-state index contributed by atoms with van der Waals surface area (Å²) in [7, 11) is 0. The second kappa shape index (κ2) is 6.92. The molecular formula is C18H16N4OS2. The molecule has 1 aliphatic rings. The largest absolute Gasteiger partial charge is 0.315 e. The molecule has 0 spiro atoms. The predicted molar refractivity (Wildman–Crippen MR) is 101 cm³/mol. The Balaban J connectivity index is 1.48. The molecule has 1 fully saturated rings. The molecule has 0 saturated carbocycles. The van der Waals surface area contributed by atoms with Crippen LogP contribution in [-0.4, -0.2) is 28.9 Å². The molecule has 0 aliphatic carbocycles. The molecule has 0 bridgehead atoms. The molecule has 1 N–H and O–H groups in total. The molecule has 1 unspecified atom stereocenters. The first-order valence-corrected chi connectivity index (χ1v) is 9.81. The number of aromatic nitrogens is 1. The summed E-state index contributed by atoms with van der Waals surface area (Å²) in [5.74, 6) is -0.0769. The second-order valence-corrected chi connectivity index (χ2v) is 7.95. The number of carbonyl (C=O) groups excluding carboxylic acids is 1. The Labute approximate surface area is 153 Å². The van der Waals surface area contributed by atoms with Gasteiger partial charge in [-0.15, -0.1) is 22.7 Å². The van der Waals surface area contributed by atoms with Gasteiger partial charge in [0.15, 0.2) is 0 Å². The predicted octanol–water partition coefficient (Wildman–Crippen LogP) is 4.01. The zero-order valence-electron chi connectivity index (χ0n) is 13.4. The Morgan fingerprint density at radius 3 is 3.12 bits per heavy atom. The molecule has 5 nitrogen and oxygen atoms in total. The number of nitrogens with one attached hydrogen (secondary N) is 1. The third-order valence-corrected chi connectivity index (χ3v) is 6.31. The fourth-order valence-electron chi connectivity index (χ4n) is 3.17. The number of fused-ring (bicyclic) bond motifs is 1. The monoisotopic (exact) mass is 368 g/mol. The van der Waals surface area contributed by atoms with Crippen LogP contribution in [0.15, 0.2) is 35.7 Å². The van der Waals surface area contributed by atoms with E-state index in [1.54, 1.807) is 17.4 Å². The lowest BCUT2D eigenvalue weighted by Crippen LogP contribution is -2.32. The van der Waals surface area contributed by atoms with E-state index in [4.69, 9.17) is 10.2 Å². The number of likely N-dealkylation sites (tertiary alicyclic amines) is 1. The third kappa shape index (κ3) is 3.29. The van der Waals surface area contributed by atoms with E-state index in [9.17, 15) is 4.79 Å². The van der Waals surface area contributed by atoms with Crippen LogP contribution in [0, 0.1) is 11.3 Å². The van der Waals surface area contributed by atoms with Crippen LogP contribution in [0.5, 0.6) is 0 Å². The van der Waals surface area contributed by atoms with E-state index >= 15 is 0 Å². The Kier molecular flexibility index (Phi) is 4.49. The molecule has 126 valence electrons. The van der Waals surface area contributed by atoms with Gasteiger partial charge in [-0.2, -0.15) is 5.26 Å². The quantitative estimate of drug-likeness (QED) is 0.755. The van der Waals surface area contributed by atoms with Gasteiger partial charge in [-0.1, -0.05) is 12.1 Å². The molecule has 25 heavy (non-hydrogen) atoms. The lowest BCUT2D eigenvalue weighted by atomic mass is 10.2. The van der Waals surface area contributed by atoms with Crippen molar-refractivity contribution in [3.63, 3.8) is 0 Å². The SMILES string of the molecule is N#Cc1ccsc1NC(=O)CN1CCCC1c1nc2ccccc2s1. The number of amides is 1. The maximum Gasteiger partial charge on any atom is 0.239 e. The maximum absolute atomic E-state index is 12.4. The highest BCUT2D eigenvalue weighted by atomic mass is 32.1. The van der Waals surface area contributed by atoms with Gasteiger partial charge in [-0.25, -0.2) is 4.98 Å². The summed E-state index contributed by atoms with van der Waals surface area (Å²) in [4.78, 5) is 19.4. The Hall–Kier alpha value is -2.27. The molecule has 1 saturated heterocycles. The van der Waals surface area contributed by atoms with Gasteiger partial charge >= 0.3 is 0 Å². The molecule has 1 aromatic carbocycles. The molecule has 4 rings (SSSR count). The van der Waals surface area contributed by atoms with Crippen LogP contribution in [0.1, 0.15) is 29.5 Å². The number of para-hydroxylation sites is 1. The summed E-state index contributed by atoms with van der Waals surface area (Å²) in [6, 6.07) is 12.2. The van der Waals surface area contributed by atoms with Crippen LogP contribution in [0.3, 0.4) is 0 Å². The highest BCUT2D eigenvalue weighted by Gasteiger charge is 2.30. The first-order valence-electron chi connectivity index (χ1n) is 8.11. The number of thiazole rings is 1. The van der Waals surface area contributed by atoms with Gasteiger partial charge in [0.2, 0.25) is 5.91 Å². The zero-order valence-corrected chi connectivity index (χ0v) is 15.1. The molecule has 7 heteroatoms. The lowest BCUT2D eigenvalue weighted by Gasteiger charge is -2.21. The fraction of sp³-hybridized carbons (Fsp3) is 0.278. The molecule has 3 aromatic rings. The summed E-state index contributed by atoms with van der Waals surface area (Å²) in [6.07, 6.45) is 2.09. The Morgan fingerprint density at radius 1 is 1.40 bits per heavy atom. The molecular weight excluding hydrogens is 352 g/mol. The number of hydrogen-bond acceptors (Lipinski definition) is 6. The van der Waals surface area contributed by atoms with Crippen molar-refractivity contribution in [3.05, 3.63) is 46.3 Å². The highest BCUT2D eigenvalue weighted by Crippen LogP contribution is 2.36. The van der Waals surface area contributed by atoms with Gasteiger partial charge in [-0.05, 0) is 43.0 Å². The third-order valence-electron chi connectivity index (χ3n) is 4.34. The summed E-state index contributed by atoms with van der Waals surface area (Å²) < 4.78 is 1.19. The first-order chi connectivity index (χ1) is 12.2. The smallest absolute Gasteiger partial charge is 0.239 e. The van der Waals surface area contributed by atoms with Crippen LogP contribution in [0.25, 0.3) is 10.2 Å². The van der Waals surface area contributed by atoms with Crippen molar-refractivity contribution in [2.24, 2.45) is 0 Å². The number of hydrogen-bond donors (Lipinski definition) is 1. The van der Waals surface area contributed by atoms with Crippen molar-refractivity contribution < 1.29 is 4.79 Å². The Bertz CT molecular complexity index is 922. The van der Waals surface area contributed by atoms with Crippen molar-refractivity contribution in [1.82, 2.24) is 9.88 Å². The van der Waals surface area contributed by atoms with Gasteiger partial charge in [-0.3, -0.25) is 9.69 Å². The van der Waals surface area contributed by atoms with Crippen molar-refractivity contribution in [3.8, 4) is 6.07 Å². The number of anilines is 1. The van der Waals surface area contributed by atoms with E-state index in [2.05, 4.69) is 22.4 Å². The van der Waals surface area contributed by atoms with E-state index < -0.39 is 0 Å². The molecule has 3 heterocycles. The molecule has 2 aromatic heterocycles. The standard InChI is InChI=1S/C18H16N4OS2/c19-10-12-7-9-24-17(12)21-16(23)11-22-8-3-5-14(22)18-20-13-4-1-2-6-15(13)25-18/h1-2,4,6-7,9,14H,3,5,8,11H2,(H,21,23). The zero-order chi connectivity index (χ0) is 17.2. The Morgan fingerprint density at radius 2 is 2.28 bits per heavy atom. The van der Waals surface area contributed by atoms with Crippen LogP contribution < -0.4 is 5.32 Å². The topological polar surface area (TPSA) is 69.0 Å². The first kappa shape index (κ1) is 16.2. The van der Waals surface area contributed by atoms with Crippen molar-refractivity contribution in [1.29, 1.82) is 5.26 Å². The van der Waals surface area contributed by atoms with E-state index in [0.717, 1.165) is 29.9 Å². The van der Waals surface area contributed by atoms with Gasteiger partial charge < -0.3 is 5.32 Å². The lowest BCUT2D eigenvalue weighted by molar-refractivity contribution is -0.117. The average molecular weight is 368 g/mol. The van der Waals surface area contributed by atoms with E-state index in [1.165, 1.54) is 16.0 Å². The van der Waals surface area contributed by atoms with Gasteiger partial charge in [0.1, 0.15) is 16.1 Å². The maximum atomic E-state index is 12.4. The summed E-state index contributed by atoms with van der Waals surface area (Å²) in [5, 5.41) is 15.4. The average Bonchev–Trinajstić information content (AvgIpc) is 3.32. The number of nitriles is 1. The number of rotatable bonds is 4. The summed E-state index contributed by atoms with van der Waals surface area (Å²) in [6.45, 7) is 1.22. The van der Waals surface area contributed by atoms with Gasteiger partial charge in [0, 0.05) is 0 Å². The van der Waals surface area contributed by atoms with Crippen molar-refractivity contribution in [2.75, 3.05) is 18.4 Å². The van der Waals surface area contributed by atoms with Crippen LogP contribution in [0.4, 0.5) is 5.00 Å². The van der Waals surface area contributed by atoms with Crippen LogP contribution >= 0.6 is 22.7 Å². The minimum absolute atomic E-state index is 0.0769. The summed E-state index contributed by atoms with van der Waals surface area (Å²) >= 11 is 3.09. The van der Waals surface area contributed by atoms with Gasteiger partial charge in [0.05, 0.1) is 28.4 Å². The number of thiophene rings is 1. The van der Waals surface area contributed by atoms with E-state index in [0.29, 0.717) is 17.1 Å². The summed E-state index contributed by atoms with van der Waals surface area (Å²) in [5.41, 5.74) is 1.54. The van der Waals surface area contributed by atoms with Gasteiger partial charge in [0.25, 0.3) is 0 Å². The second-order valence-electron chi connectivity index (χ2n) is 5.97. The normalized spacial score (nSPS) is 17.6. The minimum atomic E-state index is -0.0769. The van der Waals surface area contributed by atoms with Crippen LogP contribution in [0.2, 0.25) is 0 Å².